The molecular weight excluding hydrogens is 293 g/mol. The van der Waals surface area contributed by atoms with Gasteiger partial charge in [-0.15, -0.1) is 0 Å². The van der Waals surface area contributed by atoms with Crippen molar-refractivity contribution >= 4 is 5.91 Å². The molecule has 22 heavy (non-hydrogen) atoms. The number of hydrogen-bond donors (Lipinski definition) is 0. The summed E-state index contributed by atoms with van der Waals surface area (Å²) in [5, 5.41) is 0. The first-order valence-corrected chi connectivity index (χ1v) is 7.61. The molecule has 1 aromatic rings. The van der Waals surface area contributed by atoms with Crippen molar-refractivity contribution in [3.63, 3.8) is 0 Å². The molecule has 0 bridgehead atoms. The van der Waals surface area contributed by atoms with Gasteiger partial charge in [-0.25, -0.2) is 0 Å². The maximum absolute atomic E-state index is 12.8. The number of piperazine rings is 1. The molecule has 3 nitrogen and oxygen atoms in total. The number of benzene rings is 1. The molecule has 120 valence electrons. The molecule has 1 aliphatic carbocycles. The van der Waals surface area contributed by atoms with Gasteiger partial charge in [0.15, 0.2) is 0 Å². The minimum atomic E-state index is -4.79. The highest BCUT2D eigenvalue weighted by Crippen LogP contribution is 2.31. The summed E-state index contributed by atoms with van der Waals surface area (Å²) in [6, 6.07) is 9.49. The van der Waals surface area contributed by atoms with Crippen molar-refractivity contribution in [3.05, 3.63) is 35.9 Å². The molecule has 2 fully saturated rings. The number of carbonyl (C=O) groups excluding carboxylic acids is 1. The SMILES string of the molecule is O=C(N1CCN(C2CC2)CC1Cc1ccccc1)C(F)(F)F. The van der Waals surface area contributed by atoms with Crippen molar-refractivity contribution in [2.75, 3.05) is 19.6 Å². The van der Waals surface area contributed by atoms with Crippen LogP contribution in [0.1, 0.15) is 18.4 Å². The fourth-order valence-electron chi connectivity index (χ4n) is 3.14. The standard InChI is InChI=1S/C16H19F3N2O/c17-16(18,19)15(22)21-9-8-20(13-6-7-13)11-14(21)10-12-4-2-1-3-5-12/h1-5,13-14H,6-11H2. The first-order valence-electron chi connectivity index (χ1n) is 7.61. The lowest BCUT2D eigenvalue weighted by molar-refractivity contribution is -0.190. The Bertz CT molecular complexity index is 528. The summed E-state index contributed by atoms with van der Waals surface area (Å²) < 4.78 is 38.4. The van der Waals surface area contributed by atoms with E-state index in [1.54, 1.807) is 0 Å². The zero-order valence-corrected chi connectivity index (χ0v) is 12.2. The van der Waals surface area contributed by atoms with E-state index in [1.807, 2.05) is 30.3 Å². The van der Waals surface area contributed by atoms with Crippen molar-refractivity contribution in [1.82, 2.24) is 9.80 Å². The Kier molecular flexibility index (Phi) is 4.12. The fraction of sp³-hybridized carbons (Fsp3) is 0.562. The molecule has 0 radical (unpaired) electrons. The number of rotatable bonds is 3. The Morgan fingerprint density at radius 3 is 2.41 bits per heavy atom. The van der Waals surface area contributed by atoms with E-state index in [0.717, 1.165) is 23.3 Å². The van der Waals surface area contributed by atoms with E-state index in [4.69, 9.17) is 0 Å². The van der Waals surface area contributed by atoms with E-state index < -0.39 is 18.1 Å². The quantitative estimate of drug-likeness (QED) is 0.856. The minimum absolute atomic E-state index is 0.159. The highest BCUT2D eigenvalue weighted by atomic mass is 19.4. The van der Waals surface area contributed by atoms with Crippen LogP contribution in [-0.2, 0) is 11.2 Å². The van der Waals surface area contributed by atoms with Gasteiger partial charge in [0.25, 0.3) is 0 Å². The molecule has 6 heteroatoms. The second-order valence-electron chi connectivity index (χ2n) is 6.07. The van der Waals surface area contributed by atoms with Crippen LogP contribution in [0.2, 0.25) is 0 Å². The van der Waals surface area contributed by atoms with E-state index in [2.05, 4.69) is 4.90 Å². The van der Waals surface area contributed by atoms with Gasteiger partial charge in [0, 0.05) is 31.7 Å². The van der Waals surface area contributed by atoms with Crippen LogP contribution in [0.4, 0.5) is 13.2 Å². The Morgan fingerprint density at radius 2 is 1.82 bits per heavy atom. The number of halogens is 3. The molecule has 1 heterocycles. The molecule has 1 saturated carbocycles. The smallest absolute Gasteiger partial charge is 0.329 e. The maximum atomic E-state index is 12.8. The zero-order chi connectivity index (χ0) is 15.7. The van der Waals surface area contributed by atoms with Crippen LogP contribution in [0.3, 0.4) is 0 Å². The first kappa shape index (κ1) is 15.3. The van der Waals surface area contributed by atoms with Crippen LogP contribution in [-0.4, -0.2) is 53.6 Å². The number of nitrogens with zero attached hydrogens (tertiary/aromatic N) is 2. The van der Waals surface area contributed by atoms with Crippen molar-refractivity contribution < 1.29 is 18.0 Å². The van der Waals surface area contributed by atoms with Gasteiger partial charge in [0.1, 0.15) is 0 Å². The van der Waals surface area contributed by atoms with Gasteiger partial charge in [-0.05, 0) is 24.8 Å². The van der Waals surface area contributed by atoms with E-state index in [1.165, 1.54) is 0 Å². The van der Waals surface area contributed by atoms with Crippen LogP contribution in [0.15, 0.2) is 30.3 Å². The Labute approximate surface area is 127 Å². The van der Waals surface area contributed by atoms with Gasteiger partial charge >= 0.3 is 12.1 Å². The van der Waals surface area contributed by atoms with Gasteiger partial charge in [0.05, 0.1) is 0 Å². The van der Waals surface area contributed by atoms with Crippen molar-refractivity contribution in [3.8, 4) is 0 Å². The predicted molar refractivity (Wildman–Crippen MR) is 76.3 cm³/mol. The molecule has 1 unspecified atom stereocenters. The molecule has 2 aliphatic rings. The molecule has 1 saturated heterocycles. The van der Waals surface area contributed by atoms with Gasteiger partial charge in [0.2, 0.25) is 0 Å². The summed E-state index contributed by atoms with van der Waals surface area (Å²) in [6.45, 7) is 1.23. The summed E-state index contributed by atoms with van der Waals surface area (Å²) >= 11 is 0. The normalized spacial score (nSPS) is 23.6. The Hall–Kier alpha value is -1.56. The first-order chi connectivity index (χ1) is 10.4. The molecule has 0 N–H and O–H groups in total. The second-order valence-corrected chi connectivity index (χ2v) is 6.07. The summed E-state index contributed by atoms with van der Waals surface area (Å²) in [4.78, 5) is 14.9. The number of hydrogen-bond acceptors (Lipinski definition) is 2. The van der Waals surface area contributed by atoms with E-state index in [0.29, 0.717) is 25.6 Å². The Morgan fingerprint density at radius 1 is 1.14 bits per heavy atom. The van der Waals surface area contributed by atoms with Crippen LogP contribution in [0.5, 0.6) is 0 Å². The largest absolute Gasteiger partial charge is 0.471 e. The molecule has 1 atom stereocenters. The average Bonchev–Trinajstić information content (AvgIpc) is 3.31. The number of carbonyl (C=O) groups is 1. The topological polar surface area (TPSA) is 23.6 Å². The second kappa shape index (κ2) is 5.91. The lowest BCUT2D eigenvalue weighted by atomic mass is 10.0. The molecule has 3 rings (SSSR count). The summed E-state index contributed by atoms with van der Waals surface area (Å²) in [5.74, 6) is -1.70. The zero-order valence-electron chi connectivity index (χ0n) is 12.2. The van der Waals surface area contributed by atoms with E-state index in [-0.39, 0.29) is 6.54 Å². The third-order valence-electron chi connectivity index (χ3n) is 4.39. The van der Waals surface area contributed by atoms with Crippen molar-refractivity contribution in [1.29, 1.82) is 0 Å². The highest BCUT2D eigenvalue weighted by molar-refractivity contribution is 5.82. The molecule has 0 aromatic heterocycles. The fourth-order valence-corrected chi connectivity index (χ4v) is 3.14. The summed E-state index contributed by atoms with van der Waals surface area (Å²) in [6.07, 6.45) is -2.10. The van der Waals surface area contributed by atoms with E-state index in [9.17, 15) is 18.0 Å². The summed E-state index contributed by atoms with van der Waals surface area (Å²) in [5.41, 5.74) is 0.963. The predicted octanol–water partition coefficient (Wildman–Crippen LogP) is 2.47. The molecule has 0 spiro atoms. The summed E-state index contributed by atoms with van der Waals surface area (Å²) in [7, 11) is 0. The van der Waals surface area contributed by atoms with Crippen LogP contribution < -0.4 is 0 Å². The lowest BCUT2D eigenvalue weighted by Crippen LogP contribution is -2.59. The van der Waals surface area contributed by atoms with Crippen LogP contribution in [0, 0.1) is 0 Å². The molecular formula is C16H19F3N2O. The molecule has 1 aromatic carbocycles. The third kappa shape index (κ3) is 3.43. The number of alkyl halides is 3. The lowest BCUT2D eigenvalue weighted by Gasteiger charge is -2.42. The van der Waals surface area contributed by atoms with Crippen molar-refractivity contribution in [2.45, 2.75) is 37.5 Å². The maximum Gasteiger partial charge on any atom is 0.471 e. The molecule has 1 amide bonds. The van der Waals surface area contributed by atoms with Gasteiger partial charge in [-0.2, -0.15) is 13.2 Å². The van der Waals surface area contributed by atoms with Gasteiger partial charge < -0.3 is 4.90 Å². The van der Waals surface area contributed by atoms with E-state index >= 15 is 0 Å². The molecule has 1 aliphatic heterocycles. The average molecular weight is 312 g/mol. The monoisotopic (exact) mass is 312 g/mol. The number of amides is 1. The third-order valence-corrected chi connectivity index (χ3v) is 4.39. The Balaban J connectivity index is 1.76. The van der Waals surface area contributed by atoms with Crippen molar-refractivity contribution in [2.24, 2.45) is 0 Å². The van der Waals surface area contributed by atoms with Gasteiger partial charge in [-0.3, -0.25) is 9.69 Å². The van der Waals surface area contributed by atoms with Gasteiger partial charge in [-0.1, -0.05) is 30.3 Å². The van der Waals surface area contributed by atoms with Crippen LogP contribution in [0.25, 0.3) is 0 Å². The van der Waals surface area contributed by atoms with Crippen LogP contribution >= 0.6 is 0 Å². The minimum Gasteiger partial charge on any atom is -0.329 e. The highest BCUT2D eigenvalue weighted by Gasteiger charge is 2.47.